The van der Waals surface area contributed by atoms with E-state index < -0.39 is 11.7 Å². The van der Waals surface area contributed by atoms with Crippen LogP contribution in [-0.4, -0.2) is 13.1 Å². The molecule has 0 spiro atoms. The van der Waals surface area contributed by atoms with Gasteiger partial charge >= 0.3 is 12.2 Å². The van der Waals surface area contributed by atoms with E-state index in [0.717, 1.165) is 12.1 Å². The molecule has 0 unspecified atom stereocenters. The van der Waals surface area contributed by atoms with Crippen molar-refractivity contribution in [3.05, 3.63) is 54.1 Å². The standard InChI is InChI=1S/C16H12F3N3O2/c1-23-14-8-11(16(17,18)19)7-12(9-14)22-15(21-10-20)24-13-5-3-2-4-6-13/h2-9H,1H3,(H,21,22). The summed E-state index contributed by atoms with van der Waals surface area (Å²) in [6.07, 6.45) is -2.93. The first kappa shape index (κ1) is 17.1. The van der Waals surface area contributed by atoms with Gasteiger partial charge in [-0.1, -0.05) is 18.2 Å². The Labute approximate surface area is 136 Å². The number of nitrogens with one attached hydrogen (secondary N) is 1. The lowest BCUT2D eigenvalue weighted by molar-refractivity contribution is -0.137. The van der Waals surface area contributed by atoms with Gasteiger partial charge in [0.15, 0.2) is 6.19 Å². The molecule has 2 aromatic rings. The fraction of sp³-hybridized carbons (Fsp3) is 0.125. The summed E-state index contributed by atoms with van der Waals surface area (Å²) in [6.45, 7) is 0. The number of hydrogen-bond acceptors (Lipinski definition) is 4. The van der Waals surface area contributed by atoms with Crippen LogP contribution in [0.15, 0.2) is 53.5 Å². The third-order valence-corrected chi connectivity index (χ3v) is 2.81. The number of amidine groups is 1. The molecule has 0 fully saturated rings. The maximum atomic E-state index is 12.9. The summed E-state index contributed by atoms with van der Waals surface area (Å²) in [5.41, 5.74) is -0.994. The Hall–Kier alpha value is -3.21. The number of rotatable bonds is 3. The molecule has 0 aliphatic rings. The van der Waals surface area contributed by atoms with Gasteiger partial charge in [-0.05, 0) is 24.3 Å². The van der Waals surface area contributed by atoms with Crippen molar-refractivity contribution in [3.63, 3.8) is 0 Å². The molecular weight excluding hydrogens is 323 g/mol. The van der Waals surface area contributed by atoms with Gasteiger partial charge in [0.1, 0.15) is 11.5 Å². The summed E-state index contributed by atoms with van der Waals surface area (Å²) in [6, 6.07) is 11.1. The predicted octanol–water partition coefficient (Wildman–Crippen LogP) is 3.85. The average molecular weight is 335 g/mol. The number of alkyl halides is 3. The van der Waals surface area contributed by atoms with Crippen LogP contribution in [0.25, 0.3) is 0 Å². The van der Waals surface area contributed by atoms with Gasteiger partial charge in [0, 0.05) is 6.07 Å². The molecule has 24 heavy (non-hydrogen) atoms. The number of para-hydroxylation sites is 1. The van der Waals surface area contributed by atoms with Crippen LogP contribution in [-0.2, 0) is 6.18 Å². The number of nitriles is 1. The van der Waals surface area contributed by atoms with Crippen LogP contribution in [0, 0.1) is 11.5 Å². The van der Waals surface area contributed by atoms with E-state index in [9.17, 15) is 13.2 Å². The van der Waals surface area contributed by atoms with E-state index in [1.807, 2.05) is 0 Å². The largest absolute Gasteiger partial charge is 0.497 e. The first-order valence-electron chi connectivity index (χ1n) is 6.65. The van der Waals surface area contributed by atoms with Crippen molar-refractivity contribution in [2.45, 2.75) is 6.18 Å². The number of benzene rings is 2. The fourth-order valence-electron chi connectivity index (χ4n) is 1.77. The SMILES string of the molecule is COc1cc(N=C(NC#N)Oc2ccccc2)cc(C(F)(F)F)c1. The van der Waals surface area contributed by atoms with Crippen LogP contribution < -0.4 is 14.8 Å². The highest BCUT2D eigenvalue weighted by atomic mass is 19.4. The van der Waals surface area contributed by atoms with Crippen molar-refractivity contribution in [2.75, 3.05) is 7.11 Å². The summed E-state index contributed by atoms with van der Waals surface area (Å²) in [5.74, 6) is 0.359. The van der Waals surface area contributed by atoms with Crippen LogP contribution in [0.1, 0.15) is 5.56 Å². The highest BCUT2D eigenvalue weighted by Crippen LogP contribution is 2.35. The Bertz CT molecular complexity index is 768. The van der Waals surface area contributed by atoms with E-state index in [0.29, 0.717) is 5.75 Å². The Morgan fingerprint density at radius 3 is 2.42 bits per heavy atom. The molecule has 0 saturated carbocycles. The topological polar surface area (TPSA) is 66.6 Å². The van der Waals surface area contributed by atoms with Gasteiger partial charge in [-0.25, -0.2) is 5.32 Å². The average Bonchev–Trinajstić information content (AvgIpc) is 2.55. The van der Waals surface area contributed by atoms with Crippen LogP contribution in [0.5, 0.6) is 11.5 Å². The van der Waals surface area contributed by atoms with E-state index >= 15 is 0 Å². The maximum absolute atomic E-state index is 12.9. The number of hydrogen-bond donors (Lipinski definition) is 1. The molecule has 0 radical (unpaired) electrons. The maximum Gasteiger partial charge on any atom is 0.416 e. The fourth-order valence-corrected chi connectivity index (χ4v) is 1.77. The van der Waals surface area contributed by atoms with Crippen molar-refractivity contribution in [2.24, 2.45) is 4.99 Å². The van der Waals surface area contributed by atoms with E-state index in [4.69, 9.17) is 14.7 Å². The molecule has 2 rings (SSSR count). The zero-order chi connectivity index (χ0) is 17.6. The smallest absolute Gasteiger partial charge is 0.416 e. The van der Waals surface area contributed by atoms with Gasteiger partial charge in [0.2, 0.25) is 0 Å². The first-order chi connectivity index (χ1) is 11.4. The molecule has 0 amide bonds. The zero-order valence-corrected chi connectivity index (χ0v) is 12.5. The molecule has 1 N–H and O–H groups in total. The van der Waals surface area contributed by atoms with Crippen LogP contribution in [0.3, 0.4) is 0 Å². The van der Waals surface area contributed by atoms with Crippen molar-refractivity contribution in [1.29, 1.82) is 5.26 Å². The summed E-state index contributed by atoms with van der Waals surface area (Å²) in [4.78, 5) is 3.91. The Morgan fingerprint density at radius 1 is 1.12 bits per heavy atom. The van der Waals surface area contributed by atoms with Crippen LogP contribution >= 0.6 is 0 Å². The number of nitrogens with zero attached hydrogens (tertiary/aromatic N) is 2. The number of halogens is 3. The molecule has 0 atom stereocenters. The van der Waals surface area contributed by atoms with E-state index in [2.05, 4.69) is 10.3 Å². The van der Waals surface area contributed by atoms with Gasteiger partial charge in [-0.2, -0.15) is 23.4 Å². The van der Waals surface area contributed by atoms with E-state index in [-0.39, 0.29) is 17.5 Å². The molecular formula is C16H12F3N3O2. The molecule has 0 aliphatic carbocycles. The zero-order valence-electron chi connectivity index (χ0n) is 12.5. The second-order valence-electron chi connectivity index (χ2n) is 4.49. The number of methoxy groups -OCH3 is 1. The number of ether oxygens (including phenoxy) is 2. The summed E-state index contributed by atoms with van der Waals surface area (Å²) in [5, 5.41) is 10.9. The molecule has 0 saturated heterocycles. The van der Waals surface area contributed by atoms with Crippen molar-refractivity contribution in [3.8, 4) is 17.7 Å². The molecule has 124 valence electrons. The molecule has 8 heteroatoms. The number of aliphatic imine (C=N–C) groups is 1. The van der Waals surface area contributed by atoms with Crippen molar-refractivity contribution in [1.82, 2.24) is 5.32 Å². The Morgan fingerprint density at radius 2 is 1.83 bits per heavy atom. The third kappa shape index (κ3) is 4.64. The molecule has 0 heterocycles. The van der Waals surface area contributed by atoms with E-state index in [1.54, 1.807) is 36.5 Å². The minimum Gasteiger partial charge on any atom is -0.497 e. The normalized spacial score (nSPS) is 11.5. The van der Waals surface area contributed by atoms with Crippen LogP contribution in [0.2, 0.25) is 0 Å². The molecule has 5 nitrogen and oxygen atoms in total. The summed E-state index contributed by atoms with van der Waals surface area (Å²) >= 11 is 0. The highest BCUT2D eigenvalue weighted by Gasteiger charge is 2.31. The molecule has 0 aromatic heterocycles. The first-order valence-corrected chi connectivity index (χ1v) is 6.65. The second-order valence-corrected chi connectivity index (χ2v) is 4.49. The highest BCUT2D eigenvalue weighted by molar-refractivity contribution is 5.80. The monoisotopic (exact) mass is 335 g/mol. The van der Waals surface area contributed by atoms with Crippen molar-refractivity contribution < 1.29 is 22.6 Å². The lowest BCUT2D eigenvalue weighted by atomic mass is 10.2. The van der Waals surface area contributed by atoms with Gasteiger partial charge < -0.3 is 9.47 Å². The van der Waals surface area contributed by atoms with Gasteiger partial charge in [-0.15, -0.1) is 0 Å². The van der Waals surface area contributed by atoms with Crippen molar-refractivity contribution >= 4 is 11.7 Å². The molecule has 0 aliphatic heterocycles. The minimum atomic E-state index is -4.55. The lowest BCUT2D eigenvalue weighted by Gasteiger charge is -2.11. The lowest BCUT2D eigenvalue weighted by Crippen LogP contribution is -2.24. The van der Waals surface area contributed by atoms with E-state index in [1.165, 1.54) is 13.2 Å². The quantitative estimate of drug-likeness (QED) is 0.400. The minimum absolute atomic E-state index is 0.0143. The van der Waals surface area contributed by atoms with Gasteiger partial charge in [0.25, 0.3) is 0 Å². The molecule has 0 bridgehead atoms. The van der Waals surface area contributed by atoms with Gasteiger partial charge in [0.05, 0.1) is 18.4 Å². The molecule has 2 aromatic carbocycles. The summed E-state index contributed by atoms with van der Waals surface area (Å²) in [7, 11) is 1.25. The summed E-state index contributed by atoms with van der Waals surface area (Å²) < 4.78 is 48.9. The Balaban J connectivity index is 2.39. The third-order valence-electron chi connectivity index (χ3n) is 2.81. The van der Waals surface area contributed by atoms with Crippen LogP contribution in [0.4, 0.5) is 18.9 Å². The second kappa shape index (κ2) is 7.37. The Kier molecular flexibility index (Phi) is 5.27. The predicted molar refractivity (Wildman–Crippen MR) is 80.9 cm³/mol. The van der Waals surface area contributed by atoms with Gasteiger partial charge in [-0.3, -0.25) is 0 Å².